The average Bonchev–Trinajstić information content (AvgIpc) is 2.52. The lowest BCUT2D eigenvalue weighted by atomic mass is 10.0. The van der Waals surface area contributed by atoms with Gasteiger partial charge in [0.2, 0.25) is 0 Å². The van der Waals surface area contributed by atoms with Crippen molar-refractivity contribution in [1.29, 1.82) is 0 Å². The van der Waals surface area contributed by atoms with Crippen LogP contribution in [-0.2, 0) is 4.79 Å². The first-order chi connectivity index (χ1) is 12.1. The van der Waals surface area contributed by atoms with Gasteiger partial charge in [0, 0.05) is 13.3 Å². The Labute approximate surface area is 182 Å². The van der Waals surface area contributed by atoms with E-state index in [1.807, 2.05) is 18.2 Å². The number of carbonyl (C=O) groups excluding carboxylic acids is 1. The van der Waals surface area contributed by atoms with Crippen LogP contribution in [0.4, 0.5) is 0 Å². The molecule has 0 heterocycles. The van der Waals surface area contributed by atoms with E-state index in [0.717, 1.165) is 39.4 Å². The van der Waals surface area contributed by atoms with Crippen molar-refractivity contribution in [3.05, 3.63) is 48.0 Å². The zero-order chi connectivity index (χ0) is 19.4. The van der Waals surface area contributed by atoms with Crippen molar-refractivity contribution >= 4 is 16.6 Å². The lowest BCUT2D eigenvalue weighted by molar-refractivity contribution is -0.908. The van der Waals surface area contributed by atoms with Crippen molar-refractivity contribution < 1.29 is 43.7 Å². The van der Waals surface area contributed by atoms with Gasteiger partial charge in [-0.25, -0.2) is 0 Å². The maximum Gasteiger partial charge on any atom is 0.183 e. The van der Waals surface area contributed by atoms with E-state index >= 15 is 0 Å². The predicted molar refractivity (Wildman–Crippen MR) is 108 cm³/mol. The zero-order valence-corrected chi connectivity index (χ0v) is 19.2. The smallest absolute Gasteiger partial charge is 0.183 e. The molecule has 0 aromatic heterocycles. The van der Waals surface area contributed by atoms with Crippen LogP contribution in [0.25, 0.3) is 10.8 Å². The molecule has 6 heteroatoms. The molecule has 28 heavy (non-hydrogen) atoms. The van der Waals surface area contributed by atoms with Crippen LogP contribution >= 0.6 is 0 Å². The van der Waals surface area contributed by atoms with E-state index in [1.165, 1.54) is 5.39 Å². The van der Waals surface area contributed by atoms with Gasteiger partial charge >= 0.3 is 0 Å². The number of aliphatic hydroxyl groups excluding tert-OH is 1. The number of aliphatic hydroxyl groups is 1. The molecule has 0 spiro atoms. The summed E-state index contributed by atoms with van der Waals surface area (Å²) in [5.41, 5.74) is 0.975. The van der Waals surface area contributed by atoms with Crippen LogP contribution in [0.1, 0.15) is 25.0 Å². The maximum atomic E-state index is 11.4. The molecule has 0 bridgehead atoms. The highest BCUT2D eigenvalue weighted by atomic mass is 35.5. The van der Waals surface area contributed by atoms with Crippen molar-refractivity contribution in [2.75, 3.05) is 54.4 Å². The van der Waals surface area contributed by atoms with E-state index in [0.29, 0.717) is 13.1 Å². The summed E-state index contributed by atoms with van der Waals surface area (Å²) >= 11 is 0. The van der Waals surface area contributed by atoms with Gasteiger partial charge in [0.15, 0.2) is 5.78 Å². The van der Waals surface area contributed by atoms with Gasteiger partial charge < -0.3 is 38.9 Å². The fraction of sp³-hybridized carbons (Fsp3) is 0.500. The van der Waals surface area contributed by atoms with E-state index in [2.05, 4.69) is 52.5 Å². The summed E-state index contributed by atoms with van der Waals surface area (Å²) in [5, 5.41) is 13.1. The minimum absolute atomic E-state index is 0. The second kappa shape index (κ2) is 11.1. The maximum absolute atomic E-state index is 11.4. The van der Waals surface area contributed by atoms with Crippen molar-refractivity contribution in [2.24, 2.45) is 0 Å². The van der Waals surface area contributed by atoms with Crippen LogP contribution < -0.4 is 24.8 Å². The minimum Gasteiger partial charge on any atom is -1.00 e. The van der Waals surface area contributed by atoms with Crippen molar-refractivity contribution in [2.45, 2.75) is 19.4 Å². The normalized spacial score (nSPS) is 12.8. The fourth-order valence-electron chi connectivity index (χ4n) is 3.69. The van der Waals surface area contributed by atoms with Crippen molar-refractivity contribution in [1.82, 2.24) is 0 Å². The number of hydrogen-bond donors (Lipinski definition) is 1. The molecule has 1 N–H and O–H groups in total. The molecule has 158 valence electrons. The highest BCUT2D eigenvalue weighted by molar-refractivity contribution is 5.83. The van der Waals surface area contributed by atoms with Gasteiger partial charge in [-0.3, -0.25) is 4.79 Å². The monoisotopic (exact) mass is 428 g/mol. The molecule has 1 unspecified atom stereocenters. The highest BCUT2D eigenvalue weighted by Gasteiger charge is 2.24. The summed E-state index contributed by atoms with van der Waals surface area (Å²) in [7, 11) is 8.53. The summed E-state index contributed by atoms with van der Waals surface area (Å²) in [4.78, 5) is 11.4. The third-order valence-electron chi connectivity index (χ3n) is 5.00. The van der Waals surface area contributed by atoms with Gasteiger partial charge in [0.05, 0.1) is 41.3 Å². The Balaban J connectivity index is 0.00000364. The predicted octanol–water partition coefficient (Wildman–Crippen LogP) is -2.99. The van der Waals surface area contributed by atoms with E-state index < -0.39 is 6.10 Å². The summed E-state index contributed by atoms with van der Waals surface area (Å²) < 4.78 is 1.48. The van der Waals surface area contributed by atoms with Crippen LogP contribution in [0, 0.1) is 0 Å². The molecule has 0 saturated heterocycles. The molecule has 4 nitrogen and oxygen atoms in total. The number of likely N-dealkylation sites (N-methyl/N-ethyl adjacent to an activating group) is 2. The largest absolute Gasteiger partial charge is 1.00 e. The molecule has 0 aliphatic rings. The van der Waals surface area contributed by atoms with Gasteiger partial charge in [0.25, 0.3) is 0 Å². The van der Waals surface area contributed by atoms with E-state index in [9.17, 15) is 9.90 Å². The van der Waals surface area contributed by atoms with Gasteiger partial charge in [0.1, 0.15) is 19.2 Å². The number of fused-ring (bicyclic) bond motifs is 1. The number of rotatable bonds is 9. The molecule has 2 rings (SSSR count). The van der Waals surface area contributed by atoms with E-state index in [-0.39, 0.29) is 30.6 Å². The summed E-state index contributed by atoms with van der Waals surface area (Å²) in [6.45, 7) is 4.85. The van der Waals surface area contributed by atoms with Crippen LogP contribution in [0.5, 0.6) is 0 Å². The molecule has 0 aliphatic heterocycles. The van der Waals surface area contributed by atoms with Gasteiger partial charge in [-0.2, -0.15) is 0 Å². The molecular formula is C22H34Cl2N2O2. The highest BCUT2D eigenvalue weighted by Crippen LogP contribution is 2.22. The first kappa shape index (κ1) is 26.8. The SMILES string of the molecule is CC(=O)C[N+](C)(C)CCC[N+](C)(C)CC(O)c1ccc2ccccc2c1.[Cl-].[Cl-]. The molecule has 0 amide bonds. The Hall–Kier alpha value is -1.17. The number of carbonyl (C=O) groups is 1. The Bertz CT molecular complexity index is 763. The molecule has 0 radical (unpaired) electrons. The Kier molecular flexibility index (Phi) is 10.7. The molecule has 0 aliphatic carbocycles. The van der Waals surface area contributed by atoms with Crippen LogP contribution in [-0.4, -0.2) is 74.2 Å². The number of ketones is 1. The topological polar surface area (TPSA) is 37.3 Å². The zero-order valence-electron chi connectivity index (χ0n) is 17.7. The number of hydrogen-bond acceptors (Lipinski definition) is 2. The van der Waals surface area contributed by atoms with Crippen molar-refractivity contribution in [3.63, 3.8) is 0 Å². The summed E-state index contributed by atoms with van der Waals surface area (Å²) in [6.07, 6.45) is 0.548. The van der Waals surface area contributed by atoms with Gasteiger partial charge in [-0.1, -0.05) is 36.4 Å². The van der Waals surface area contributed by atoms with Crippen LogP contribution in [0.15, 0.2) is 42.5 Å². The Morgan fingerprint density at radius 1 is 0.929 bits per heavy atom. The lowest BCUT2D eigenvalue weighted by Gasteiger charge is -2.34. The molecule has 2 aromatic rings. The first-order valence-electron chi connectivity index (χ1n) is 9.38. The second-order valence-electron chi connectivity index (χ2n) is 8.84. The van der Waals surface area contributed by atoms with E-state index in [1.54, 1.807) is 6.92 Å². The number of quaternary nitrogens is 2. The minimum atomic E-state index is -0.477. The first-order valence-corrected chi connectivity index (χ1v) is 9.38. The molecule has 0 fully saturated rings. The summed E-state index contributed by atoms with van der Waals surface area (Å²) in [6, 6.07) is 14.4. The third-order valence-corrected chi connectivity index (χ3v) is 5.00. The van der Waals surface area contributed by atoms with E-state index in [4.69, 9.17) is 0 Å². The molecule has 2 aromatic carbocycles. The quantitative estimate of drug-likeness (QED) is 0.432. The number of nitrogens with zero attached hydrogens (tertiary/aromatic N) is 2. The number of benzene rings is 2. The molecule has 0 saturated carbocycles. The summed E-state index contributed by atoms with van der Waals surface area (Å²) in [5.74, 6) is 0.232. The number of Topliss-reactive ketones (excluding diaryl/α,β-unsaturated/α-hetero) is 1. The standard InChI is InChI=1S/C22H34N2O2.2ClH/c1-18(25)16-23(2,3)13-8-14-24(4,5)17-22(26)21-12-11-19-9-6-7-10-20(19)15-21;;/h6-7,9-12,15,22,26H,8,13-14,16-17H2,1-5H3;2*1H/q+2;;/p-2. The molecular weight excluding hydrogens is 395 g/mol. The fourth-order valence-corrected chi connectivity index (χ4v) is 3.69. The Morgan fingerprint density at radius 2 is 1.50 bits per heavy atom. The average molecular weight is 429 g/mol. The second-order valence-corrected chi connectivity index (χ2v) is 8.84. The Morgan fingerprint density at radius 3 is 2.11 bits per heavy atom. The molecule has 1 atom stereocenters. The number of halogens is 2. The van der Waals surface area contributed by atoms with Gasteiger partial charge in [-0.05, 0) is 22.4 Å². The van der Waals surface area contributed by atoms with Crippen LogP contribution in [0.2, 0.25) is 0 Å². The van der Waals surface area contributed by atoms with Gasteiger partial charge in [-0.15, -0.1) is 0 Å². The third kappa shape index (κ3) is 8.46. The lowest BCUT2D eigenvalue weighted by Crippen LogP contribution is -3.00. The van der Waals surface area contributed by atoms with Crippen molar-refractivity contribution in [3.8, 4) is 0 Å². The van der Waals surface area contributed by atoms with Crippen LogP contribution in [0.3, 0.4) is 0 Å².